The number of nitro groups is 1. The molecule has 0 spiro atoms. The first kappa shape index (κ1) is 19.5. The molecule has 144 valence electrons. The SMILES string of the molecule is Cc1ccc(S(=O)(=O)NNC(=O)c2cc3c(s2)CC[C@H](C)C3)cc1[N+](=O)[O-]. The van der Waals surface area contributed by atoms with Crippen LogP contribution in [-0.4, -0.2) is 19.2 Å². The van der Waals surface area contributed by atoms with E-state index in [1.807, 2.05) is 4.83 Å². The predicted octanol–water partition coefficient (Wildman–Crippen LogP) is 2.71. The summed E-state index contributed by atoms with van der Waals surface area (Å²) >= 11 is 1.36. The van der Waals surface area contributed by atoms with Gasteiger partial charge in [-0.1, -0.05) is 13.0 Å². The van der Waals surface area contributed by atoms with Gasteiger partial charge in [-0.3, -0.25) is 20.3 Å². The molecular weight excluding hydrogens is 390 g/mol. The van der Waals surface area contributed by atoms with Gasteiger partial charge in [-0.15, -0.1) is 16.2 Å². The molecule has 1 aliphatic carbocycles. The van der Waals surface area contributed by atoms with E-state index in [0.29, 0.717) is 16.4 Å². The molecule has 1 aromatic carbocycles. The maximum atomic E-state index is 12.3. The van der Waals surface area contributed by atoms with E-state index in [0.717, 1.165) is 35.8 Å². The van der Waals surface area contributed by atoms with E-state index in [4.69, 9.17) is 0 Å². The van der Waals surface area contributed by atoms with Gasteiger partial charge >= 0.3 is 0 Å². The molecule has 0 saturated carbocycles. The monoisotopic (exact) mass is 409 g/mol. The number of carbonyl (C=O) groups is 1. The van der Waals surface area contributed by atoms with Crippen molar-refractivity contribution in [3.05, 3.63) is 55.3 Å². The summed E-state index contributed by atoms with van der Waals surface area (Å²) in [6.45, 7) is 3.68. The van der Waals surface area contributed by atoms with E-state index in [-0.39, 0.29) is 10.6 Å². The Hall–Kier alpha value is -2.30. The molecule has 0 aliphatic heterocycles. The predicted molar refractivity (Wildman–Crippen MR) is 101 cm³/mol. The minimum atomic E-state index is -4.13. The topological polar surface area (TPSA) is 118 Å². The Kier molecular flexibility index (Phi) is 5.31. The van der Waals surface area contributed by atoms with Gasteiger partial charge in [-0.2, -0.15) is 0 Å². The Morgan fingerprint density at radius 3 is 2.78 bits per heavy atom. The number of nitrogens with one attached hydrogen (secondary N) is 2. The lowest BCUT2D eigenvalue weighted by Gasteiger charge is -2.16. The number of fused-ring (bicyclic) bond motifs is 1. The van der Waals surface area contributed by atoms with Crippen LogP contribution in [0.1, 0.15) is 39.0 Å². The maximum absolute atomic E-state index is 12.3. The number of nitrogens with zero attached hydrogens (tertiary/aromatic N) is 1. The maximum Gasteiger partial charge on any atom is 0.276 e. The Bertz CT molecular complexity index is 1010. The summed E-state index contributed by atoms with van der Waals surface area (Å²) in [4.78, 5) is 26.0. The van der Waals surface area contributed by atoms with Crippen molar-refractivity contribution in [1.82, 2.24) is 10.3 Å². The molecule has 3 rings (SSSR count). The summed E-state index contributed by atoms with van der Waals surface area (Å²) in [5.74, 6) is 0.0195. The number of aryl methyl sites for hydroxylation is 2. The van der Waals surface area contributed by atoms with E-state index in [1.165, 1.54) is 30.4 Å². The molecule has 0 radical (unpaired) electrons. The number of benzene rings is 1. The van der Waals surface area contributed by atoms with Crippen LogP contribution >= 0.6 is 11.3 Å². The molecule has 27 heavy (non-hydrogen) atoms. The third kappa shape index (κ3) is 4.18. The van der Waals surface area contributed by atoms with E-state index < -0.39 is 20.9 Å². The average Bonchev–Trinajstić information content (AvgIpc) is 3.02. The number of sulfonamides is 1. The molecule has 0 bridgehead atoms. The molecule has 0 fully saturated rings. The molecule has 0 saturated heterocycles. The summed E-state index contributed by atoms with van der Waals surface area (Å²) < 4.78 is 24.7. The van der Waals surface area contributed by atoms with Gasteiger partial charge in [0.25, 0.3) is 21.6 Å². The van der Waals surface area contributed by atoms with Crippen molar-refractivity contribution in [3.63, 3.8) is 0 Å². The highest BCUT2D eigenvalue weighted by Gasteiger charge is 2.23. The van der Waals surface area contributed by atoms with Crippen LogP contribution in [0.5, 0.6) is 0 Å². The molecule has 1 heterocycles. The molecule has 2 aromatic rings. The summed E-state index contributed by atoms with van der Waals surface area (Å²) in [6, 6.07) is 5.37. The summed E-state index contributed by atoms with van der Waals surface area (Å²) in [7, 11) is -4.13. The lowest BCUT2D eigenvalue weighted by molar-refractivity contribution is -0.385. The number of rotatable bonds is 5. The highest BCUT2D eigenvalue weighted by molar-refractivity contribution is 7.89. The fourth-order valence-electron chi connectivity index (χ4n) is 3.00. The highest BCUT2D eigenvalue weighted by atomic mass is 32.2. The van der Waals surface area contributed by atoms with Crippen LogP contribution in [0, 0.1) is 23.0 Å². The van der Waals surface area contributed by atoms with Gasteiger partial charge in [0, 0.05) is 16.5 Å². The third-order valence-corrected chi connectivity index (χ3v) is 7.02. The van der Waals surface area contributed by atoms with E-state index in [9.17, 15) is 23.3 Å². The molecule has 0 unspecified atom stereocenters. The number of nitro benzene ring substituents is 1. The van der Waals surface area contributed by atoms with Gasteiger partial charge < -0.3 is 0 Å². The highest BCUT2D eigenvalue weighted by Crippen LogP contribution is 2.32. The Morgan fingerprint density at radius 1 is 1.33 bits per heavy atom. The molecule has 8 nitrogen and oxygen atoms in total. The molecule has 2 N–H and O–H groups in total. The quantitative estimate of drug-likeness (QED) is 0.581. The summed E-state index contributed by atoms with van der Waals surface area (Å²) in [6.07, 6.45) is 2.92. The minimum Gasteiger partial charge on any atom is -0.273 e. The Balaban J connectivity index is 1.73. The van der Waals surface area contributed by atoms with Crippen LogP contribution in [0.2, 0.25) is 0 Å². The van der Waals surface area contributed by atoms with Crippen LogP contribution in [0.25, 0.3) is 0 Å². The van der Waals surface area contributed by atoms with Gasteiger partial charge in [0.1, 0.15) is 0 Å². The van der Waals surface area contributed by atoms with Gasteiger partial charge in [0.05, 0.1) is 14.7 Å². The largest absolute Gasteiger partial charge is 0.276 e. The second kappa shape index (κ2) is 7.37. The standard InChI is InChI=1S/C17H19N3O5S2/c1-10-3-6-15-12(7-10)8-16(26-15)17(21)18-19-27(24,25)13-5-4-11(2)14(9-13)20(22)23/h4-5,8-10,19H,3,6-7H2,1-2H3,(H,18,21)/t10-/m0/s1. The number of amides is 1. The number of hydrogen-bond acceptors (Lipinski definition) is 6. The van der Waals surface area contributed by atoms with Crippen molar-refractivity contribution in [2.45, 2.75) is 38.0 Å². The lowest BCUT2D eigenvalue weighted by atomic mass is 9.90. The van der Waals surface area contributed by atoms with E-state index in [2.05, 4.69) is 12.3 Å². The molecule has 1 aliphatic rings. The fourth-order valence-corrected chi connectivity index (χ4v) is 4.97. The van der Waals surface area contributed by atoms with Gasteiger partial charge in [-0.05, 0) is 49.8 Å². The Labute approximate surface area is 160 Å². The van der Waals surface area contributed by atoms with Crippen LogP contribution in [0.15, 0.2) is 29.2 Å². The number of hydrogen-bond donors (Lipinski definition) is 2. The van der Waals surface area contributed by atoms with Crippen molar-refractivity contribution >= 4 is 33.0 Å². The second-order valence-corrected chi connectivity index (χ2v) is 9.49. The van der Waals surface area contributed by atoms with Gasteiger partial charge in [0.15, 0.2) is 0 Å². The van der Waals surface area contributed by atoms with E-state index >= 15 is 0 Å². The van der Waals surface area contributed by atoms with Crippen molar-refractivity contribution in [3.8, 4) is 0 Å². The van der Waals surface area contributed by atoms with Crippen molar-refractivity contribution < 1.29 is 18.1 Å². The zero-order valence-electron chi connectivity index (χ0n) is 14.8. The van der Waals surface area contributed by atoms with E-state index in [1.54, 1.807) is 6.07 Å². The zero-order chi connectivity index (χ0) is 19.8. The van der Waals surface area contributed by atoms with Crippen molar-refractivity contribution in [2.75, 3.05) is 0 Å². The number of thiophene rings is 1. The van der Waals surface area contributed by atoms with Crippen molar-refractivity contribution in [1.29, 1.82) is 0 Å². The lowest BCUT2D eigenvalue weighted by Crippen LogP contribution is -2.41. The van der Waals surface area contributed by atoms with Gasteiger partial charge in [0.2, 0.25) is 0 Å². The first-order valence-corrected chi connectivity index (χ1v) is 10.7. The Morgan fingerprint density at radius 2 is 2.07 bits per heavy atom. The molecule has 1 amide bonds. The minimum absolute atomic E-state index is 0.292. The third-order valence-electron chi connectivity index (χ3n) is 4.54. The zero-order valence-corrected chi connectivity index (χ0v) is 16.4. The first-order chi connectivity index (χ1) is 12.7. The summed E-state index contributed by atoms with van der Waals surface area (Å²) in [5, 5.41) is 11.0. The smallest absolute Gasteiger partial charge is 0.273 e. The number of hydrazine groups is 1. The van der Waals surface area contributed by atoms with Crippen LogP contribution < -0.4 is 10.3 Å². The molecule has 1 atom stereocenters. The van der Waals surface area contributed by atoms with Gasteiger partial charge in [-0.25, -0.2) is 8.42 Å². The molecular formula is C17H19N3O5S2. The van der Waals surface area contributed by atoms with Crippen LogP contribution in [0.3, 0.4) is 0 Å². The number of carbonyl (C=O) groups excluding carboxylic acids is 1. The normalized spacial score (nSPS) is 16.6. The van der Waals surface area contributed by atoms with Crippen LogP contribution in [0.4, 0.5) is 5.69 Å². The average molecular weight is 409 g/mol. The fraction of sp³-hybridized carbons (Fsp3) is 0.353. The van der Waals surface area contributed by atoms with Crippen LogP contribution in [-0.2, 0) is 22.9 Å². The molecule has 10 heteroatoms. The first-order valence-electron chi connectivity index (χ1n) is 8.36. The van der Waals surface area contributed by atoms with Crippen molar-refractivity contribution in [2.24, 2.45) is 5.92 Å². The summed E-state index contributed by atoms with van der Waals surface area (Å²) in [5.41, 5.74) is 3.37. The second-order valence-electron chi connectivity index (χ2n) is 6.67. The molecule has 1 aromatic heterocycles.